The Morgan fingerprint density at radius 1 is 1.09 bits per heavy atom. The number of halogens is 3. The van der Waals surface area contributed by atoms with Crippen molar-refractivity contribution in [3.63, 3.8) is 0 Å². The smallest absolute Gasteiger partial charge is 0.434 e. The van der Waals surface area contributed by atoms with Gasteiger partial charge >= 0.3 is 12.1 Å². The Morgan fingerprint density at radius 2 is 1.77 bits per heavy atom. The molecule has 13 heteroatoms. The van der Waals surface area contributed by atoms with Crippen molar-refractivity contribution in [1.29, 1.82) is 0 Å². The Balaban J connectivity index is 1.60. The molecule has 0 bridgehead atoms. The van der Waals surface area contributed by atoms with E-state index >= 15 is 0 Å². The number of carbonyl (C=O) groups is 2. The molecule has 0 spiro atoms. The lowest BCUT2D eigenvalue weighted by atomic mass is 10.1. The normalized spacial score (nSPS) is 12.3. The van der Waals surface area contributed by atoms with Gasteiger partial charge < -0.3 is 20.1 Å². The van der Waals surface area contributed by atoms with Gasteiger partial charge in [-0.05, 0) is 17.7 Å². The highest BCUT2D eigenvalue weighted by Crippen LogP contribution is 2.38. The zero-order valence-corrected chi connectivity index (χ0v) is 17.6. The average molecular weight is 487 g/mol. The largest absolute Gasteiger partial charge is 0.480 e. The minimum absolute atomic E-state index is 0.0306. The number of carboxylic acid groups (broad SMARTS) is 1. The number of carboxylic acids is 1. The summed E-state index contributed by atoms with van der Waals surface area (Å²) in [5.74, 6) is -2.60. The fourth-order valence-corrected chi connectivity index (χ4v) is 3.22. The first kappa shape index (κ1) is 23.6. The molecule has 10 nitrogen and oxygen atoms in total. The van der Waals surface area contributed by atoms with Crippen molar-refractivity contribution in [1.82, 2.24) is 25.2 Å². The molecule has 0 aliphatic carbocycles. The summed E-state index contributed by atoms with van der Waals surface area (Å²) in [7, 11) is 0. The standard InChI is InChI=1S/C22H16F3N5O5/c23-22(24,25)18-15(10-27-30(18)14-4-2-1-3-5-14)21-28-19(29-35-21)13-8-6-12(7-9-13)17(33)20(34)26-11-16(31)32/h1-10,17,33H,11H2,(H,26,34)(H,31,32). The number of hydrogen-bond acceptors (Lipinski definition) is 7. The summed E-state index contributed by atoms with van der Waals surface area (Å²) >= 11 is 0. The lowest BCUT2D eigenvalue weighted by Gasteiger charge is -2.11. The number of aliphatic hydroxyl groups excluding tert-OH is 1. The lowest BCUT2D eigenvalue weighted by molar-refractivity contribution is -0.142. The summed E-state index contributed by atoms with van der Waals surface area (Å²) in [6.45, 7) is -0.652. The predicted molar refractivity (Wildman–Crippen MR) is 113 cm³/mol. The van der Waals surface area contributed by atoms with E-state index in [1.54, 1.807) is 18.2 Å². The van der Waals surface area contributed by atoms with Crippen LogP contribution in [0.3, 0.4) is 0 Å². The van der Waals surface area contributed by atoms with Crippen LogP contribution in [0, 0.1) is 0 Å². The van der Waals surface area contributed by atoms with Gasteiger partial charge in [0, 0.05) is 5.56 Å². The van der Waals surface area contributed by atoms with Crippen LogP contribution in [0.1, 0.15) is 17.4 Å². The highest BCUT2D eigenvalue weighted by molar-refractivity contribution is 5.85. The Morgan fingerprint density at radius 3 is 2.40 bits per heavy atom. The van der Waals surface area contributed by atoms with Gasteiger partial charge in [0.25, 0.3) is 11.8 Å². The summed E-state index contributed by atoms with van der Waals surface area (Å²) in [6, 6.07) is 13.4. The van der Waals surface area contributed by atoms with Crippen molar-refractivity contribution >= 4 is 11.9 Å². The summed E-state index contributed by atoms with van der Waals surface area (Å²) < 4.78 is 47.5. The van der Waals surface area contributed by atoms with E-state index in [1.165, 1.54) is 36.4 Å². The van der Waals surface area contributed by atoms with E-state index < -0.39 is 47.8 Å². The molecule has 0 aliphatic rings. The molecule has 2 aromatic carbocycles. The summed E-state index contributed by atoms with van der Waals surface area (Å²) in [6.07, 6.45) is -5.40. The topological polar surface area (TPSA) is 143 Å². The van der Waals surface area contributed by atoms with Gasteiger partial charge in [0.05, 0.1) is 17.4 Å². The van der Waals surface area contributed by atoms with Gasteiger partial charge in [-0.15, -0.1) is 0 Å². The van der Waals surface area contributed by atoms with Crippen LogP contribution in [0.5, 0.6) is 0 Å². The molecule has 1 unspecified atom stereocenters. The van der Waals surface area contributed by atoms with E-state index in [0.717, 1.165) is 10.9 Å². The van der Waals surface area contributed by atoms with Gasteiger partial charge in [-0.3, -0.25) is 9.59 Å². The maximum absolute atomic E-state index is 13.9. The van der Waals surface area contributed by atoms with Gasteiger partial charge in [-0.2, -0.15) is 23.3 Å². The quantitative estimate of drug-likeness (QED) is 0.361. The zero-order chi connectivity index (χ0) is 25.2. The van der Waals surface area contributed by atoms with Gasteiger partial charge in [-0.1, -0.05) is 47.6 Å². The molecule has 2 heterocycles. The van der Waals surface area contributed by atoms with Gasteiger partial charge in [0.1, 0.15) is 6.54 Å². The van der Waals surface area contributed by atoms with Crippen LogP contribution in [0.25, 0.3) is 28.5 Å². The number of aliphatic carboxylic acids is 1. The van der Waals surface area contributed by atoms with E-state index in [-0.39, 0.29) is 17.1 Å². The lowest BCUT2D eigenvalue weighted by Crippen LogP contribution is -2.33. The number of nitrogens with zero attached hydrogens (tertiary/aromatic N) is 4. The van der Waals surface area contributed by atoms with Crippen molar-refractivity contribution in [3.05, 3.63) is 72.1 Å². The molecule has 35 heavy (non-hydrogen) atoms. The monoisotopic (exact) mass is 487 g/mol. The van der Waals surface area contributed by atoms with Crippen LogP contribution in [0.4, 0.5) is 13.2 Å². The van der Waals surface area contributed by atoms with Crippen LogP contribution >= 0.6 is 0 Å². The third-order valence-corrected chi connectivity index (χ3v) is 4.84. The Kier molecular flexibility index (Phi) is 6.34. The molecule has 180 valence electrons. The molecule has 3 N–H and O–H groups in total. The first-order valence-electron chi connectivity index (χ1n) is 9.98. The van der Waals surface area contributed by atoms with Crippen LogP contribution < -0.4 is 5.32 Å². The molecule has 0 fully saturated rings. The van der Waals surface area contributed by atoms with Crippen molar-refractivity contribution in [2.24, 2.45) is 0 Å². The number of nitrogens with one attached hydrogen (secondary N) is 1. The maximum Gasteiger partial charge on any atom is 0.434 e. The number of benzene rings is 2. The Hall–Kier alpha value is -4.52. The molecule has 0 aliphatic heterocycles. The predicted octanol–water partition coefficient (Wildman–Crippen LogP) is 2.84. The third-order valence-electron chi connectivity index (χ3n) is 4.84. The first-order chi connectivity index (χ1) is 16.6. The zero-order valence-electron chi connectivity index (χ0n) is 17.6. The molecule has 1 atom stereocenters. The minimum atomic E-state index is -4.77. The maximum atomic E-state index is 13.9. The number of alkyl halides is 3. The van der Waals surface area contributed by atoms with Crippen LogP contribution in [0.2, 0.25) is 0 Å². The first-order valence-corrected chi connectivity index (χ1v) is 9.98. The fraction of sp³-hybridized carbons (Fsp3) is 0.136. The number of rotatable bonds is 7. The van der Waals surface area contributed by atoms with E-state index in [9.17, 15) is 27.9 Å². The molecule has 1 amide bonds. The van der Waals surface area contributed by atoms with E-state index in [1.807, 2.05) is 0 Å². The number of para-hydroxylation sites is 1. The van der Waals surface area contributed by atoms with Crippen molar-refractivity contribution in [2.75, 3.05) is 6.54 Å². The van der Waals surface area contributed by atoms with Crippen molar-refractivity contribution in [2.45, 2.75) is 12.3 Å². The number of hydrogen-bond donors (Lipinski definition) is 3. The number of amides is 1. The second-order valence-corrected chi connectivity index (χ2v) is 7.21. The van der Waals surface area contributed by atoms with Gasteiger partial charge in [0.15, 0.2) is 11.8 Å². The second-order valence-electron chi connectivity index (χ2n) is 7.21. The van der Waals surface area contributed by atoms with E-state index in [4.69, 9.17) is 9.63 Å². The fourth-order valence-electron chi connectivity index (χ4n) is 3.22. The summed E-state index contributed by atoms with van der Waals surface area (Å²) in [4.78, 5) is 26.4. The SMILES string of the molecule is O=C(O)CNC(=O)C(O)c1ccc(-c2noc(-c3cnn(-c4ccccc4)c3C(F)(F)F)n2)cc1. The highest BCUT2D eigenvalue weighted by Gasteiger charge is 2.40. The summed E-state index contributed by atoms with van der Waals surface area (Å²) in [5.41, 5.74) is -0.783. The van der Waals surface area contributed by atoms with E-state index in [0.29, 0.717) is 5.56 Å². The van der Waals surface area contributed by atoms with Crippen molar-refractivity contribution in [3.8, 4) is 28.5 Å². The van der Waals surface area contributed by atoms with Crippen LogP contribution in [0.15, 0.2) is 65.3 Å². The molecule has 2 aromatic heterocycles. The number of carbonyl (C=O) groups excluding carboxylic acids is 1. The van der Waals surface area contributed by atoms with Crippen LogP contribution in [-0.2, 0) is 15.8 Å². The number of aliphatic hydroxyl groups is 1. The molecular weight excluding hydrogens is 471 g/mol. The van der Waals surface area contributed by atoms with Gasteiger partial charge in [0.2, 0.25) is 5.82 Å². The van der Waals surface area contributed by atoms with Crippen molar-refractivity contribution < 1.29 is 37.5 Å². The molecule has 4 rings (SSSR count). The molecule has 0 saturated heterocycles. The molecular formula is C22H16F3N5O5. The van der Waals surface area contributed by atoms with Crippen LogP contribution in [-0.4, -0.2) is 48.6 Å². The van der Waals surface area contributed by atoms with Gasteiger partial charge in [-0.25, -0.2) is 4.68 Å². The van der Waals surface area contributed by atoms with E-state index in [2.05, 4.69) is 20.6 Å². The Labute approximate surface area is 194 Å². The Bertz CT molecular complexity index is 1350. The molecule has 0 saturated carbocycles. The molecule has 0 radical (unpaired) electrons. The minimum Gasteiger partial charge on any atom is -0.480 e. The number of aromatic nitrogens is 4. The molecule has 4 aromatic rings. The summed E-state index contributed by atoms with van der Waals surface area (Å²) in [5, 5.41) is 28.3. The second kappa shape index (κ2) is 9.38. The third kappa shape index (κ3) is 5.04. The average Bonchev–Trinajstić information content (AvgIpc) is 3.50. The highest BCUT2D eigenvalue weighted by atomic mass is 19.4.